The molecule has 1 aliphatic rings. The van der Waals surface area contributed by atoms with E-state index in [9.17, 15) is 14.8 Å². The minimum atomic E-state index is -0.738. The van der Waals surface area contributed by atoms with E-state index in [1.54, 1.807) is 29.7 Å². The summed E-state index contributed by atoms with van der Waals surface area (Å²) in [6, 6.07) is 27.5. The van der Waals surface area contributed by atoms with Crippen LogP contribution in [0.2, 0.25) is 0 Å². The van der Waals surface area contributed by atoms with Crippen LogP contribution >= 0.6 is 0 Å². The summed E-state index contributed by atoms with van der Waals surface area (Å²) < 4.78 is 5.99. The van der Waals surface area contributed by atoms with Crippen molar-refractivity contribution in [3.63, 3.8) is 0 Å². The van der Waals surface area contributed by atoms with Gasteiger partial charge in [0, 0.05) is 42.7 Å². The molecule has 0 bridgehead atoms. The summed E-state index contributed by atoms with van der Waals surface area (Å²) in [4.78, 5) is 32.3. The Balaban J connectivity index is 1.18. The highest BCUT2D eigenvalue weighted by Crippen LogP contribution is 2.28. The minimum absolute atomic E-state index is 0.0127. The highest BCUT2D eigenvalue weighted by molar-refractivity contribution is 5.95. The highest BCUT2D eigenvalue weighted by Gasteiger charge is 2.38. The van der Waals surface area contributed by atoms with Crippen molar-refractivity contribution in [2.24, 2.45) is 0 Å². The Morgan fingerprint density at radius 2 is 1.68 bits per heavy atom. The predicted molar refractivity (Wildman–Crippen MR) is 158 cm³/mol. The first kappa shape index (κ1) is 28.3. The molecule has 0 atom stereocenters. The minimum Gasteiger partial charge on any atom is -0.493 e. The van der Waals surface area contributed by atoms with Gasteiger partial charge < -0.3 is 10.1 Å². The molecule has 3 aromatic carbocycles. The normalized spacial score (nSPS) is 14.9. The molecule has 2 heterocycles. The van der Waals surface area contributed by atoms with Gasteiger partial charge in [0.1, 0.15) is 5.75 Å². The number of carbonyl (C=O) groups excluding carboxylic acids is 2. The number of carbonyl (C=O) groups is 2. The second-order valence-corrected chi connectivity index (χ2v) is 10.8. The quantitative estimate of drug-likeness (QED) is 0.192. The summed E-state index contributed by atoms with van der Waals surface area (Å²) in [6.07, 6.45) is 1.95. The van der Waals surface area contributed by atoms with Crippen LogP contribution in [0.4, 0.5) is 0 Å². The van der Waals surface area contributed by atoms with Crippen molar-refractivity contribution >= 4 is 22.7 Å². The van der Waals surface area contributed by atoms with Crippen molar-refractivity contribution < 1.29 is 19.5 Å². The summed E-state index contributed by atoms with van der Waals surface area (Å²) >= 11 is 0. The van der Waals surface area contributed by atoms with Crippen LogP contribution in [-0.2, 0) is 17.8 Å². The molecule has 1 aliphatic heterocycles. The molecule has 41 heavy (non-hydrogen) atoms. The molecular formula is C33H36N4O4. The Morgan fingerprint density at radius 3 is 2.41 bits per heavy atom. The van der Waals surface area contributed by atoms with Crippen molar-refractivity contribution in [2.75, 3.05) is 19.7 Å². The second-order valence-electron chi connectivity index (χ2n) is 10.8. The molecule has 0 aliphatic carbocycles. The van der Waals surface area contributed by atoms with E-state index in [1.807, 2.05) is 43.3 Å². The van der Waals surface area contributed by atoms with Gasteiger partial charge in [-0.2, -0.15) is 0 Å². The fraction of sp³-hybridized carbons (Fsp3) is 0.303. The van der Waals surface area contributed by atoms with E-state index in [0.717, 1.165) is 42.7 Å². The number of hydrogen-bond donors (Lipinski definition) is 3. The Bertz CT molecular complexity index is 1480. The number of pyridine rings is 1. The van der Waals surface area contributed by atoms with Crippen LogP contribution < -0.4 is 15.5 Å². The summed E-state index contributed by atoms with van der Waals surface area (Å²) in [5.41, 5.74) is 5.85. The molecule has 212 valence electrons. The number of rotatable bonds is 10. The van der Waals surface area contributed by atoms with Gasteiger partial charge in [-0.15, -0.1) is 0 Å². The summed E-state index contributed by atoms with van der Waals surface area (Å²) in [5, 5.41) is 13.4. The maximum absolute atomic E-state index is 13.3. The fourth-order valence-electron chi connectivity index (χ4n) is 5.57. The Kier molecular flexibility index (Phi) is 8.91. The van der Waals surface area contributed by atoms with Crippen LogP contribution in [0.25, 0.3) is 10.9 Å². The highest BCUT2D eigenvalue weighted by atomic mass is 16.5. The number of hydroxylamine groups is 1. The standard InChI is InChI=1S/C33H36N4O4/c1-24-21-27(29-9-5-6-10-30(29)34-24)15-20-41-28-13-11-26(12-14-28)32(39)35-33(22-31(38)36-40)16-18-37(19-17-33)23-25-7-3-2-4-8-25/h2-14,21,40H,15-20,22-23H2,1H3,(H,35,39)(H,36,38). The van der Waals surface area contributed by atoms with E-state index >= 15 is 0 Å². The van der Waals surface area contributed by atoms with Gasteiger partial charge >= 0.3 is 0 Å². The topological polar surface area (TPSA) is 104 Å². The van der Waals surface area contributed by atoms with Crippen LogP contribution in [0.15, 0.2) is 84.9 Å². The maximum atomic E-state index is 13.3. The number of hydrogen-bond acceptors (Lipinski definition) is 6. The van der Waals surface area contributed by atoms with Gasteiger partial charge in [-0.25, -0.2) is 5.48 Å². The number of amides is 2. The second kappa shape index (κ2) is 12.9. The monoisotopic (exact) mass is 552 g/mol. The lowest BCUT2D eigenvalue weighted by molar-refractivity contribution is -0.131. The number of fused-ring (bicyclic) bond motifs is 1. The predicted octanol–water partition coefficient (Wildman–Crippen LogP) is 4.82. The van der Waals surface area contributed by atoms with Crippen molar-refractivity contribution in [3.05, 3.63) is 107 Å². The van der Waals surface area contributed by atoms with E-state index in [4.69, 9.17) is 4.74 Å². The molecule has 0 unspecified atom stereocenters. The number of ether oxygens (including phenoxy) is 1. The fourth-order valence-corrected chi connectivity index (χ4v) is 5.57. The molecule has 0 spiro atoms. The zero-order valence-corrected chi connectivity index (χ0v) is 23.3. The molecule has 5 rings (SSSR count). The molecule has 0 saturated carbocycles. The maximum Gasteiger partial charge on any atom is 0.251 e. The molecule has 1 saturated heterocycles. The molecule has 4 aromatic rings. The largest absolute Gasteiger partial charge is 0.493 e. The Labute approximate surface area is 240 Å². The van der Waals surface area contributed by atoms with Gasteiger partial charge in [0.15, 0.2) is 0 Å². The number of piperidine rings is 1. The van der Waals surface area contributed by atoms with Crippen molar-refractivity contribution in [2.45, 2.75) is 44.7 Å². The molecule has 8 nitrogen and oxygen atoms in total. The van der Waals surface area contributed by atoms with Crippen LogP contribution in [0.5, 0.6) is 5.75 Å². The number of aromatic nitrogens is 1. The zero-order valence-electron chi connectivity index (χ0n) is 23.3. The summed E-state index contributed by atoms with van der Waals surface area (Å²) in [7, 11) is 0. The van der Waals surface area contributed by atoms with Gasteiger partial charge in [0.25, 0.3) is 5.91 Å². The first-order valence-corrected chi connectivity index (χ1v) is 14.0. The van der Waals surface area contributed by atoms with Gasteiger partial charge in [0.2, 0.25) is 5.91 Å². The van der Waals surface area contributed by atoms with E-state index in [-0.39, 0.29) is 12.3 Å². The molecule has 8 heteroatoms. The average Bonchev–Trinajstić information content (AvgIpc) is 2.99. The molecule has 2 amide bonds. The first-order chi connectivity index (χ1) is 19.9. The van der Waals surface area contributed by atoms with Crippen LogP contribution in [0.3, 0.4) is 0 Å². The molecule has 3 N–H and O–H groups in total. The van der Waals surface area contributed by atoms with Crippen LogP contribution in [0, 0.1) is 6.92 Å². The Hall–Kier alpha value is -4.27. The number of likely N-dealkylation sites (tertiary alicyclic amines) is 1. The lowest BCUT2D eigenvalue weighted by Crippen LogP contribution is -2.57. The number of nitrogens with zero attached hydrogens (tertiary/aromatic N) is 2. The lowest BCUT2D eigenvalue weighted by Gasteiger charge is -2.42. The van der Waals surface area contributed by atoms with Gasteiger partial charge in [-0.3, -0.25) is 24.7 Å². The van der Waals surface area contributed by atoms with E-state index in [0.29, 0.717) is 30.8 Å². The lowest BCUT2D eigenvalue weighted by atomic mass is 9.83. The zero-order chi connectivity index (χ0) is 28.7. The SMILES string of the molecule is Cc1cc(CCOc2ccc(C(=O)NC3(CC(=O)NO)CCN(Cc4ccccc4)CC3)cc2)c2ccccc2n1. The third kappa shape index (κ3) is 7.28. The molecule has 1 aromatic heterocycles. The van der Waals surface area contributed by atoms with Crippen molar-refractivity contribution in [1.29, 1.82) is 0 Å². The average molecular weight is 553 g/mol. The van der Waals surface area contributed by atoms with Gasteiger partial charge in [-0.1, -0.05) is 48.5 Å². The van der Waals surface area contributed by atoms with E-state index in [1.165, 1.54) is 11.1 Å². The van der Waals surface area contributed by atoms with Crippen molar-refractivity contribution in [1.82, 2.24) is 20.7 Å². The molecular weight excluding hydrogens is 516 g/mol. The number of benzene rings is 3. The molecule has 1 fully saturated rings. The first-order valence-electron chi connectivity index (χ1n) is 14.0. The van der Waals surface area contributed by atoms with Gasteiger partial charge in [0.05, 0.1) is 24.1 Å². The van der Waals surface area contributed by atoms with E-state index in [2.05, 4.69) is 39.5 Å². The summed E-state index contributed by atoms with van der Waals surface area (Å²) in [6.45, 7) is 4.77. The van der Waals surface area contributed by atoms with Gasteiger partial charge in [-0.05, 0) is 67.3 Å². The Morgan fingerprint density at radius 1 is 0.976 bits per heavy atom. The third-order valence-corrected chi connectivity index (χ3v) is 7.75. The van der Waals surface area contributed by atoms with Crippen LogP contribution in [-0.4, -0.2) is 52.1 Å². The van der Waals surface area contributed by atoms with Crippen LogP contribution in [0.1, 0.15) is 46.4 Å². The smallest absolute Gasteiger partial charge is 0.251 e. The van der Waals surface area contributed by atoms with Crippen molar-refractivity contribution in [3.8, 4) is 5.75 Å². The number of aryl methyl sites for hydroxylation is 1. The number of para-hydroxylation sites is 1. The number of nitrogens with one attached hydrogen (secondary N) is 2. The van der Waals surface area contributed by atoms with E-state index < -0.39 is 11.4 Å². The molecule has 0 radical (unpaired) electrons. The summed E-state index contributed by atoms with van der Waals surface area (Å²) in [5.74, 6) is -0.0829. The third-order valence-electron chi connectivity index (χ3n) is 7.75.